The fraction of sp³-hybridized carbons (Fsp3) is 0.857. The summed E-state index contributed by atoms with van der Waals surface area (Å²) < 4.78 is 0. The second-order valence-electron chi connectivity index (χ2n) is 6.23. The van der Waals surface area contributed by atoms with Gasteiger partial charge in [0.05, 0.1) is 0 Å². The average molecular weight is 269 g/mol. The molecule has 1 saturated heterocycles. The summed E-state index contributed by atoms with van der Waals surface area (Å²) in [4.78, 5) is 25.7. The average Bonchev–Trinajstić information content (AvgIpc) is 2.37. The van der Waals surface area contributed by atoms with Gasteiger partial charge in [-0.2, -0.15) is 0 Å². The molecule has 1 atom stereocenters. The molecule has 3 N–H and O–H groups in total. The molecule has 0 radical (unpaired) electrons. The van der Waals surface area contributed by atoms with E-state index in [4.69, 9.17) is 5.73 Å². The molecule has 1 fully saturated rings. The highest BCUT2D eigenvalue weighted by atomic mass is 16.2. The lowest BCUT2D eigenvalue weighted by atomic mass is 9.96. The van der Waals surface area contributed by atoms with Crippen LogP contribution < -0.4 is 11.1 Å². The molecule has 0 saturated carbocycles. The molecule has 0 aromatic rings. The van der Waals surface area contributed by atoms with Gasteiger partial charge in [0.2, 0.25) is 11.8 Å². The number of hydrogen-bond donors (Lipinski definition) is 2. The molecule has 0 aromatic heterocycles. The molecule has 1 aliphatic heterocycles. The van der Waals surface area contributed by atoms with Crippen LogP contribution in [0.25, 0.3) is 0 Å². The Morgan fingerprint density at radius 2 is 2.00 bits per heavy atom. The third-order valence-corrected chi connectivity index (χ3v) is 3.53. The van der Waals surface area contributed by atoms with E-state index in [9.17, 15) is 9.59 Å². The van der Waals surface area contributed by atoms with Crippen molar-refractivity contribution in [2.75, 3.05) is 19.6 Å². The number of carbonyl (C=O) groups excluding carboxylic acids is 2. The summed E-state index contributed by atoms with van der Waals surface area (Å²) in [5.74, 6) is 0.0821. The van der Waals surface area contributed by atoms with E-state index in [0.717, 1.165) is 25.8 Å². The number of carbonyl (C=O) groups is 2. The van der Waals surface area contributed by atoms with Crippen LogP contribution in [0.15, 0.2) is 0 Å². The Bertz CT molecular complexity index is 323. The van der Waals surface area contributed by atoms with Gasteiger partial charge in [-0.1, -0.05) is 20.8 Å². The van der Waals surface area contributed by atoms with Gasteiger partial charge in [0, 0.05) is 37.5 Å². The topological polar surface area (TPSA) is 75.4 Å². The number of amides is 2. The first-order valence-electron chi connectivity index (χ1n) is 7.14. The van der Waals surface area contributed by atoms with Crippen LogP contribution >= 0.6 is 0 Å². The van der Waals surface area contributed by atoms with Gasteiger partial charge in [0.25, 0.3) is 0 Å². The van der Waals surface area contributed by atoms with Crippen LogP contribution in [0.2, 0.25) is 0 Å². The van der Waals surface area contributed by atoms with Gasteiger partial charge in [0.15, 0.2) is 0 Å². The minimum Gasteiger partial charge on any atom is -0.355 e. The van der Waals surface area contributed by atoms with E-state index in [0.29, 0.717) is 19.5 Å². The summed E-state index contributed by atoms with van der Waals surface area (Å²) in [6.45, 7) is 7.31. The van der Waals surface area contributed by atoms with Crippen LogP contribution in [0.4, 0.5) is 0 Å². The van der Waals surface area contributed by atoms with E-state index < -0.39 is 5.41 Å². The van der Waals surface area contributed by atoms with E-state index in [1.807, 2.05) is 25.7 Å². The lowest BCUT2D eigenvalue weighted by Gasteiger charge is -2.35. The van der Waals surface area contributed by atoms with Crippen LogP contribution in [0.5, 0.6) is 0 Å². The summed E-state index contributed by atoms with van der Waals surface area (Å²) in [6, 6.07) is 0.180. The van der Waals surface area contributed by atoms with Gasteiger partial charge in [-0.05, 0) is 19.3 Å². The number of likely N-dealkylation sites (tertiary alicyclic amines) is 1. The van der Waals surface area contributed by atoms with Crippen molar-refractivity contribution in [3.05, 3.63) is 0 Å². The number of nitrogens with zero attached hydrogens (tertiary/aromatic N) is 1. The molecule has 5 heteroatoms. The van der Waals surface area contributed by atoms with Crippen LogP contribution in [-0.2, 0) is 9.59 Å². The van der Waals surface area contributed by atoms with Crippen molar-refractivity contribution >= 4 is 11.8 Å². The zero-order valence-electron chi connectivity index (χ0n) is 12.4. The minimum atomic E-state index is -0.409. The number of rotatable bonds is 4. The molecular weight excluding hydrogens is 242 g/mol. The molecule has 2 amide bonds. The Morgan fingerprint density at radius 3 is 2.58 bits per heavy atom. The largest absolute Gasteiger partial charge is 0.355 e. The van der Waals surface area contributed by atoms with E-state index in [1.165, 1.54) is 0 Å². The van der Waals surface area contributed by atoms with Gasteiger partial charge in [-0.3, -0.25) is 9.59 Å². The van der Waals surface area contributed by atoms with Gasteiger partial charge in [0.1, 0.15) is 0 Å². The first-order valence-corrected chi connectivity index (χ1v) is 7.14. The third-order valence-electron chi connectivity index (χ3n) is 3.53. The van der Waals surface area contributed by atoms with E-state index in [2.05, 4.69) is 5.32 Å². The lowest BCUT2D eigenvalue weighted by molar-refractivity contribution is -0.134. The highest BCUT2D eigenvalue weighted by molar-refractivity contribution is 5.82. The molecule has 1 aliphatic rings. The predicted molar refractivity (Wildman–Crippen MR) is 75.5 cm³/mol. The normalized spacial score (nSPS) is 20.2. The van der Waals surface area contributed by atoms with Crippen molar-refractivity contribution in [1.82, 2.24) is 10.2 Å². The maximum Gasteiger partial charge on any atom is 0.225 e. The lowest BCUT2D eigenvalue weighted by Crippen LogP contribution is -2.48. The third kappa shape index (κ3) is 4.82. The highest BCUT2D eigenvalue weighted by Gasteiger charge is 2.26. The summed E-state index contributed by atoms with van der Waals surface area (Å²) in [6.07, 6.45) is 3.55. The SMILES string of the molecule is CC(C)(C)C(=O)NCCC(=O)N1CCCCC1CN. The smallest absolute Gasteiger partial charge is 0.225 e. The minimum absolute atomic E-state index is 0.0191. The Labute approximate surface area is 115 Å². The van der Waals surface area contributed by atoms with Crippen LogP contribution in [0.1, 0.15) is 46.5 Å². The summed E-state index contributed by atoms with van der Waals surface area (Å²) in [5, 5.41) is 2.81. The Balaban J connectivity index is 2.36. The first kappa shape index (κ1) is 16.0. The Hall–Kier alpha value is -1.10. The zero-order valence-corrected chi connectivity index (χ0v) is 12.4. The monoisotopic (exact) mass is 269 g/mol. The molecule has 0 bridgehead atoms. The Morgan fingerprint density at radius 1 is 1.32 bits per heavy atom. The number of piperidine rings is 1. The maximum absolute atomic E-state index is 12.1. The van der Waals surface area contributed by atoms with Crippen molar-refractivity contribution in [2.24, 2.45) is 11.1 Å². The van der Waals surface area contributed by atoms with E-state index in [-0.39, 0.29) is 17.9 Å². The van der Waals surface area contributed by atoms with Crippen molar-refractivity contribution in [2.45, 2.75) is 52.5 Å². The Kier molecular flexibility index (Phi) is 5.79. The molecule has 110 valence electrons. The fourth-order valence-electron chi connectivity index (χ4n) is 2.27. The molecule has 19 heavy (non-hydrogen) atoms. The molecule has 0 aliphatic carbocycles. The van der Waals surface area contributed by atoms with Crippen molar-refractivity contribution < 1.29 is 9.59 Å². The van der Waals surface area contributed by atoms with Gasteiger partial charge in [-0.15, -0.1) is 0 Å². The van der Waals surface area contributed by atoms with Crippen LogP contribution in [-0.4, -0.2) is 42.4 Å². The van der Waals surface area contributed by atoms with Crippen LogP contribution in [0, 0.1) is 5.41 Å². The van der Waals surface area contributed by atoms with E-state index in [1.54, 1.807) is 0 Å². The molecule has 0 spiro atoms. The summed E-state index contributed by atoms with van der Waals surface area (Å²) in [5.41, 5.74) is 5.29. The first-order chi connectivity index (χ1) is 8.86. The zero-order chi connectivity index (χ0) is 14.5. The second kappa shape index (κ2) is 6.89. The predicted octanol–water partition coefficient (Wildman–Crippen LogP) is 0.879. The fourth-order valence-corrected chi connectivity index (χ4v) is 2.27. The molecular formula is C14H27N3O2. The second-order valence-corrected chi connectivity index (χ2v) is 6.23. The molecule has 1 heterocycles. The van der Waals surface area contributed by atoms with Gasteiger partial charge >= 0.3 is 0 Å². The molecule has 0 aromatic carbocycles. The van der Waals surface area contributed by atoms with Crippen molar-refractivity contribution in [3.63, 3.8) is 0 Å². The van der Waals surface area contributed by atoms with Crippen molar-refractivity contribution in [1.29, 1.82) is 0 Å². The standard InChI is InChI=1S/C14H27N3O2/c1-14(2,3)13(19)16-8-7-12(18)17-9-5-4-6-11(17)10-15/h11H,4-10,15H2,1-3H3,(H,16,19). The molecule has 1 rings (SSSR count). The van der Waals surface area contributed by atoms with Gasteiger partial charge in [-0.25, -0.2) is 0 Å². The number of nitrogens with one attached hydrogen (secondary N) is 1. The van der Waals surface area contributed by atoms with E-state index >= 15 is 0 Å². The molecule has 1 unspecified atom stereocenters. The van der Waals surface area contributed by atoms with Gasteiger partial charge < -0.3 is 16.0 Å². The molecule has 5 nitrogen and oxygen atoms in total. The number of nitrogens with two attached hydrogens (primary N) is 1. The van der Waals surface area contributed by atoms with Crippen molar-refractivity contribution in [3.8, 4) is 0 Å². The van der Waals surface area contributed by atoms with Crippen LogP contribution in [0.3, 0.4) is 0 Å². The quantitative estimate of drug-likeness (QED) is 0.795. The summed E-state index contributed by atoms with van der Waals surface area (Å²) in [7, 11) is 0. The highest BCUT2D eigenvalue weighted by Crippen LogP contribution is 2.17. The maximum atomic E-state index is 12.1. The summed E-state index contributed by atoms with van der Waals surface area (Å²) >= 11 is 0. The number of hydrogen-bond acceptors (Lipinski definition) is 3.